The monoisotopic (exact) mass is 332 g/mol. The number of nitrogens with one attached hydrogen (secondary N) is 1. The third kappa shape index (κ3) is 3.00. The van der Waals surface area contributed by atoms with Crippen molar-refractivity contribution in [3.8, 4) is 5.75 Å². The van der Waals surface area contributed by atoms with Gasteiger partial charge >= 0.3 is 0 Å². The smallest absolute Gasteiger partial charge is 0.295 e. The summed E-state index contributed by atoms with van der Waals surface area (Å²) in [6.45, 7) is 0. The summed E-state index contributed by atoms with van der Waals surface area (Å²) in [4.78, 5) is 25.7. The summed E-state index contributed by atoms with van der Waals surface area (Å²) in [7, 11) is 1.53. The van der Waals surface area contributed by atoms with Crippen molar-refractivity contribution < 1.29 is 18.7 Å². The van der Waals surface area contributed by atoms with E-state index in [0.29, 0.717) is 17.1 Å². The lowest BCUT2D eigenvalue weighted by Crippen LogP contribution is -2.34. The summed E-state index contributed by atoms with van der Waals surface area (Å²) in [5, 5.41) is 1.83. The molecule has 2 amide bonds. The van der Waals surface area contributed by atoms with E-state index in [2.05, 4.69) is 5.32 Å². The molecule has 1 heterocycles. The SMILES string of the molecule is COc1ccccc1N[C@@H]1SC(=O)N(c2ccc(F)cc2)C1=O. The summed E-state index contributed by atoms with van der Waals surface area (Å²) in [6, 6.07) is 12.3. The van der Waals surface area contributed by atoms with Crippen molar-refractivity contribution in [3.05, 3.63) is 54.3 Å². The van der Waals surface area contributed by atoms with Gasteiger partial charge in [-0.05, 0) is 48.2 Å². The molecule has 1 N–H and O–H groups in total. The first-order valence-electron chi connectivity index (χ1n) is 6.80. The normalized spacial score (nSPS) is 17.5. The van der Waals surface area contributed by atoms with Crippen LogP contribution in [0.3, 0.4) is 0 Å². The van der Waals surface area contributed by atoms with Crippen molar-refractivity contribution in [1.29, 1.82) is 0 Å². The second-order valence-electron chi connectivity index (χ2n) is 4.76. The maximum absolute atomic E-state index is 13.0. The van der Waals surface area contributed by atoms with Gasteiger partial charge in [-0.25, -0.2) is 9.29 Å². The Morgan fingerprint density at radius 3 is 2.52 bits per heavy atom. The highest BCUT2D eigenvalue weighted by atomic mass is 32.2. The number of nitrogens with zero attached hydrogens (tertiary/aromatic N) is 1. The number of ether oxygens (including phenoxy) is 1. The molecule has 7 heteroatoms. The highest BCUT2D eigenvalue weighted by molar-refractivity contribution is 8.16. The maximum Gasteiger partial charge on any atom is 0.295 e. The van der Waals surface area contributed by atoms with Crippen LogP contribution in [-0.4, -0.2) is 23.6 Å². The summed E-state index contributed by atoms with van der Waals surface area (Å²) in [5.41, 5.74) is 0.966. The van der Waals surface area contributed by atoms with E-state index in [1.54, 1.807) is 18.2 Å². The van der Waals surface area contributed by atoms with E-state index in [1.165, 1.54) is 31.4 Å². The zero-order valence-corrected chi connectivity index (χ0v) is 13.0. The minimum atomic E-state index is -0.760. The standard InChI is InChI=1S/C16H13FN2O3S/c1-22-13-5-3-2-4-12(13)18-14-15(20)19(16(21)23-14)11-8-6-10(17)7-9-11/h2-9,14,18H,1H3/t14-/m1/s1. The number of halogens is 1. The van der Waals surface area contributed by atoms with Crippen LogP contribution in [0.4, 0.5) is 20.6 Å². The number of anilines is 2. The lowest BCUT2D eigenvalue weighted by molar-refractivity contribution is -0.116. The molecule has 23 heavy (non-hydrogen) atoms. The van der Waals surface area contributed by atoms with E-state index in [0.717, 1.165) is 16.7 Å². The first-order valence-corrected chi connectivity index (χ1v) is 7.68. The van der Waals surface area contributed by atoms with Crippen LogP contribution in [-0.2, 0) is 4.79 Å². The number of rotatable bonds is 4. The van der Waals surface area contributed by atoms with Gasteiger partial charge in [-0.1, -0.05) is 12.1 Å². The van der Waals surface area contributed by atoms with E-state index in [9.17, 15) is 14.0 Å². The van der Waals surface area contributed by atoms with E-state index in [1.807, 2.05) is 6.07 Å². The maximum atomic E-state index is 13.0. The molecule has 1 saturated heterocycles. The Morgan fingerprint density at radius 2 is 1.83 bits per heavy atom. The van der Waals surface area contributed by atoms with E-state index in [4.69, 9.17) is 4.74 Å². The molecule has 118 valence electrons. The fraction of sp³-hybridized carbons (Fsp3) is 0.125. The Balaban J connectivity index is 1.82. The second kappa shape index (κ2) is 6.29. The summed E-state index contributed by atoms with van der Waals surface area (Å²) < 4.78 is 18.2. The number of methoxy groups -OCH3 is 1. The molecule has 0 saturated carbocycles. The number of hydrogen-bond acceptors (Lipinski definition) is 5. The van der Waals surface area contributed by atoms with Gasteiger partial charge in [0.05, 0.1) is 18.5 Å². The summed E-state index contributed by atoms with van der Waals surface area (Å²) >= 11 is 0.872. The lowest BCUT2D eigenvalue weighted by atomic mass is 10.2. The molecule has 1 fully saturated rings. The van der Waals surface area contributed by atoms with Crippen molar-refractivity contribution in [3.63, 3.8) is 0 Å². The fourth-order valence-electron chi connectivity index (χ4n) is 2.23. The Labute approximate surface area is 136 Å². The van der Waals surface area contributed by atoms with Crippen LogP contribution in [0, 0.1) is 5.82 Å². The van der Waals surface area contributed by atoms with Crippen LogP contribution in [0.1, 0.15) is 0 Å². The van der Waals surface area contributed by atoms with Gasteiger partial charge in [-0.3, -0.25) is 9.59 Å². The second-order valence-corrected chi connectivity index (χ2v) is 5.81. The topological polar surface area (TPSA) is 58.6 Å². The molecule has 0 unspecified atom stereocenters. The van der Waals surface area contributed by atoms with Gasteiger partial charge in [0.1, 0.15) is 11.6 Å². The summed E-state index contributed by atoms with van der Waals surface area (Å²) in [5.74, 6) is -0.254. The van der Waals surface area contributed by atoms with Crippen LogP contribution in [0.25, 0.3) is 0 Å². The molecule has 3 rings (SSSR count). The first-order chi connectivity index (χ1) is 11.1. The van der Waals surface area contributed by atoms with Gasteiger partial charge < -0.3 is 10.1 Å². The van der Waals surface area contributed by atoms with Crippen LogP contribution in [0.15, 0.2) is 48.5 Å². The number of benzene rings is 2. The minimum absolute atomic E-state index is 0.346. The van der Waals surface area contributed by atoms with Gasteiger partial charge in [0.2, 0.25) is 0 Å². The third-order valence-electron chi connectivity index (χ3n) is 3.32. The molecule has 1 atom stereocenters. The van der Waals surface area contributed by atoms with Gasteiger partial charge in [0, 0.05) is 0 Å². The molecule has 2 aromatic rings. The van der Waals surface area contributed by atoms with E-state index >= 15 is 0 Å². The van der Waals surface area contributed by atoms with Gasteiger partial charge in [-0.2, -0.15) is 0 Å². The van der Waals surface area contributed by atoms with Crippen molar-refractivity contribution in [2.75, 3.05) is 17.3 Å². The lowest BCUT2D eigenvalue weighted by Gasteiger charge is -2.16. The molecule has 0 aliphatic carbocycles. The molecule has 0 spiro atoms. The highest BCUT2D eigenvalue weighted by Gasteiger charge is 2.41. The Bertz CT molecular complexity index is 751. The minimum Gasteiger partial charge on any atom is -0.495 e. The van der Waals surface area contributed by atoms with Crippen molar-refractivity contribution in [1.82, 2.24) is 0 Å². The molecular weight excluding hydrogens is 319 g/mol. The molecular formula is C16H13FN2O3S. The quantitative estimate of drug-likeness (QED) is 0.929. The highest BCUT2D eigenvalue weighted by Crippen LogP contribution is 2.34. The van der Waals surface area contributed by atoms with Crippen LogP contribution >= 0.6 is 11.8 Å². The average molecular weight is 332 g/mol. The number of thioether (sulfide) groups is 1. The summed E-state index contributed by atoms with van der Waals surface area (Å²) in [6.07, 6.45) is 0. The molecule has 1 aliphatic heterocycles. The number of carbonyl (C=O) groups excluding carboxylic acids is 2. The van der Waals surface area contributed by atoms with Crippen LogP contribution in [0.2, 0.25) is 0 Å². The molecule has 5 nitrogen and oxygen atoms in total. The molecule has 0 radical (unpaired) electrons. The number of carbonyl (C=O) groups is 2. The molecule has 2 aromatic carbocycles. The number of para-hydroxylation sites is 2. The zero-order chi connectivity index (χ0) is 16.4. The van der Waals surface area contributed by atoms with Gasteiger partial charge in [0.25, 0.3) is 11.1 Å². The average Bonchev–Trinajstić information content (AvgIpc) is 2.83. The Kier molecular flexibility index (Phi) is 4.20. The molecule has 0 bridgehead atoms. The third-order valence-corrected chi connectivity index (χ3v) is 4.26. The largest absolute Gasteiger partial charge is 0.495 e. The molecule has 1 aliphatic rings. The van der Waals surface area contributed by atoms with Crippen molar-refractivity contribution in [2.24, 2.45) is 0 Å². The van der Waals surface area contributed by atoms with Crippen LogP contribution in [0.5, 0.6) is 5.75 Å². The zero-order valence-electron chi connectivity index (χ0n) is 12.2. The van der Waals surface area contributed by atoms with E-state index in [-0.39, 0.29) is 0 Å². The number of imide groups is 1. The van der Waals surface area contributed by atoms with Gasteiger partial charge in [-0.15, -0.1) is 0 Å². The Morgan fingerprint density at radius 1 is 1.13 bits per heavy atom. The predicted molar refractivity (Wildman–Crippen MR) is 87.3 cm³/mol. The number of hydrogen-bond donors (Lipinski definition) is 1. The molecule has 0 aromatic heterocycles. The van der Waals surface area contributed by atoms with Crippen LogP contribution < -0.4 is 15.0 Å². The van der Waals surface area contributed by atoms with Crippen molar-refractivity contribution >= 4 is 34.3 Å². The first kappa shape index (κ1) is 15.4. The van der Waals surface area contributed by atoms with E-state index < -0.39 is 22.3 Å². The van der Waals surface area contributed by atoms with Crippen molar-refractivity contribution in [2.45, 2.75) is 5.37 Å². The fourth-order valence-corrected chi connectivity index (χ4v) is 3.12. The predicted octanol–water partition coefficient (Wildman–Crippen LogP) is 3.47. The Hall–Kier alpha value is -2.54. The number of amides is 2. The van der Waals surface area contributed by atoms with Gasteiger partial charge in [0.15, 0.2) is 5.37 Å².